The Labute approximate surface area is 90.4 Å². The van der Waals surface area contributed by atoms with Gasteiger partial charge < -0.3 is 14.8 Å². The monoisotopic (exact) mass is 207 g/mol. The summed E-state index contributed by atoms with van der Waals surface area (Å²) in [6.45, 7) is 2.77. The van der Waals surface area contributed by atoms with Crippen molar-refractivity contribution in [2.24, 2.45) is 0 Å². The summed E-state index contributed by atoms with van der Waals surface area (Å²) >= 11 is 0. The van der Waals surface area contributed by atoms with E-state index in [1.807, 2.05) is 13.0 Å². The second-order valence-corrected chi connectivity index (χ2v) is 3.80. The maximum absolute atomic E-state index is 5.71. The maximum Gasteiger partial charge on any atom is 0.154 e. The van der Waals surface area contributed by atoms with Crippen LogP contribution in [0.3, 0.4) is 0 Å². The van der Waals surface area contributed by atoms with Gasteiger partial charge in [0.2, 0.25) is 0 Å². The molecule has 2 rings (SSSR count). The van der Waals surface area contributed by atoms with Crippen LogP contribution in [0.1, 0.15) is 12.5 Å². The van der Waals surface area contributed by atoms with Crippen molar-refractivity contribution < 1.29 is 9.47 Å². The second kappa shape index (κ2) is 4.64. The first-order valence-electron chi connectivity index (χ1n) is 5.29. The minimum atomic E-state index is -0.137. The van der Waals surface area contributed by atoms with Crippen LogP contribution in [-0.4, -0.2) is 26.0 Å². The molecule has 0 bridgehead atoms. The Morgan fingerprint density at radius 1 is 1.40 bits per heavy atom. The maximum atomic E-state index is 5.71. The Morgan fingerprint density at radius 3 is 3.00 bits per heavy atom. The Bertz CT molecular complexity index is 327. The first kappa shape index (κ1) is 10.5. The van der Waals surface area contributed by atoms with Crippen LogP contribution in [0.4, 0.5) is 5.69 Å². The fourth-order valence-corrected chi connectivity index (χ4v) is 1.83. The van der Waals surface area contributed by atoms with Gasteiger partial charge in [-0.1, -0.05) is 18.2 Å². The molecule has 1 aromatic carbocycles. The van der Waals surface area contributed by atoms with Gasteiger partial charge >= 0.3 is 0 Å². The molecule has 82 valence electrons. The minimum absolute atomic E-state index is 0.137. The number of para-hydroxylation sites is 1. The summed E-state index contributed by atoms with van der Waals surface area (Å²) in [4.78, 5) is 0. The molecule has 0 fully saturated rings. The molecule has 0 unspecified atom stereocenters. The summed E-state index contributed by atoms with van der Waals surface area (Å²) in [5.41, 5.74) is 2.54. The Balaban J connectivity index is 1.99. The molecule has 1 N–H and O–H groups in total. The Kier molecular flexibility index (Phi) is 3.23. The molecule has 0 amide bonds. The molecule has 0 spiro atoms. The second-order valence-electron chi connectivity index (χ2n) is 3.80. The van der Waals surface area contributed by atoms with Gasteiger partial charge in [0.15, 0.2) is 6.29 Å². The molecule has 0 radical (unpaired) electrons. The number of nitrogens with one attached hydrogen (secondary N) is 1. The van der Waals surface area contributed by atoms with Crippen molar-refractivity contribution >= 4 is 5.69 Å². The molecule has 1 aliphatic rings. The van der Waals surface area contributed by atoms with Gasteiger partial charge in [-0.2, -0.15) is 0 Å². The van der Waals surface area contributed by atoms with E-state index in [0.717, 1.165) is 13.0 Å². The van der Waals surface area contributed by atoms with Crippen LogP contribution in [0.25, 0.3) is 0 Å². The lowest BCUT2D eigenvalue weighted by molar-refractivity contribution is -0.140. The lowest BCUT2D eigenvalue weighted by atomic mass is 10.0. The molecular formula is C12H17NO2. The molecule has 2 atom stereocenters. The van der Waals surface area contributed by atoms with Gasteiger partial charge in [0.05, 0.1) is 6.10 Å². The van der Waals surface area contributed by atoms with Crippen LogP contribution in [0.2, 0.25) is 0 Å². The zero-order valence-corrected chi connectivity index (χ0v) is 9.19. The summed E-state index contributed by atoms with van der Waals surface area (Å²) in [7, 11) is 1.66. The van der Waals surface area contributed by atoms with Gasteiger partial charge in [-0.05, 0) is 18.6 Å². The fourth-order valence-electron chi connectivity index (χ4n) is 1.83. The number of benzene rings is 1. The molecule has 15 heavy (non-hydrogen) atoms. The highest BCUT2D eigenvalue weighted by Gasteiger charge is 2.19. The quantitative estimate of drug-likeness (QED) is 0.769. The van der Waals surface area contributed by atoms with E-state index < -0.39 is 0 Å². The van der Waals surface area contributed by atoms with Crippen molar-refractivity contribution in [1.82, 2.24) is 0 Å². The first-order valence-corrected chi connectivity index (χ1v) is 5.29. The fraction of sp³-hybridized carbons (Fsp3) is 0.500. The number of methoxy groups -OCH3 is 1. The van der Waals surface area contributed by atoms with Gasteiger partial charge in [-0.15, -0.1) is 0 Å². The average molecular weight is 207 g/mol. The first-order chi connectivity index (χ1) is 7.29. The van der Waals surface area contributed by atoms with Crippen molar-refractivity contribution in [1.29, 1.82) is 0 Å². The van der Waals surface area contributed by atoms with Gasteiger partial charge in [0.1, 0.15) is 0 Å². The molecular weight excluding hydrogens is 190 g/mol. The molecule has 3 heteroatoms. The van der Waals surface area contributed by atoms with Crippen molar-refractivity contribution in [2.75, 3.05) is 19.0 Å². The number of fused-ring (bicyclic) bond motifs is 1. The zero-order chi connectivity index (χ0) is 10.7. The highest BCUT2D eigenvalue weighted by atomic mass is 16.7. The van der Waals surface area contributed by atoms with Gasteiger partial charge in [-0.25, -0.2) is 0 Å². The lowest BCUT2D eigenvalue weighted by Gasteiger charge is -2.28. The number of hydrogen-bond donors (Lipinski definition) is 1. The van der Waals surface area contributed by atoms with Gasteiger partial charge in [0.25, 0.3) is 0 Å². The third-order valence-corrected chi connectivity index (χ3v) is 2.70. The van der Waals surface area contributed by atoms with Crippen LogP contribution < -0.4 is 5.32 Å². The third kappa shape index (κ3) is 2.49. The topological polar surface area (TPSA) is 30.5 Å². The van der Waals surface area contributed by atoms with Gasteiger partial charge in [0, 0.05) is 25.8 Å². The third-order valence-electron chi connectivity index (χ3n) is 2.70. The number of rotatable bonds is 3. The number of hydrogen-bond acceptors (Lipinski definition) is 3. The molecule has 3 nitrogen and oxygen atoms in total. The molecule has 0 aromatic heterocycles. The normalized spacial score (nSPS) is 21.6. The average Bonchev–Trinajstić information content (AvgIpc) is 2.29. The van der Waals surface area contributed by atoms with E-state index in [9.17, 15) is 0 Å². The largest absolute Gasteiger partial charge is 0.382 e. The van der Waals surface area contributed by atoms with Crippen LogP contribution >= 0.6 is 0 Å². The Hall–Kier alpha value is -1.06. The molecule has 0 saturated heterocycles. The lowest BCUT2D eigenvalue weighted by Crippen LogP contribution is -2.33. The van der Waals surface area contributed by atoms with E-state index in [-0.39, 0.29) is 12.4 Å². The summed E-state index contributed by atoms with van der Waals surface area (Å²) in [6.07, 6.45) is 1.02. The summed E-state index contributed by atoms with van der Waals surface area (Å²) < 4.78 is 10.8. The van der Waals surface area contributed by atoms with E-state index >= 15 is 0 Å². The van der Waals surface area contributed by atoms with Crippen molar-refractivity contribution in [3.8, 4) is 0 Å². The zero-order valence-electron chi connectivity index (χ0n) is 9.19. The van der Waals surface area contributed by atoms with Gasteiger partial charge in [-0.3, -0.25) is 0 Å². The molecule has 1 heterocycles. The summed E-state index contributed by atoms with van der Waals surface area (Å²) in [5.74, 6) is 0. The SMILES string of the molecule is CO[C@H](C)O[C@H]1CNc2ccccc2C1. The predicted octanol–water partition coefficient (Wildman–Crippen LogP) is 2.03. The highest BCUT2D eigenvalue weighted by Crippen LogP contribution is 2.22. The predicted molar refractivity (Wildman–Crippen MR) is 60.0 cm³/mol. The summed E-state index contributed by atoms with van der Waals surface area (Å²) in [6, 6.07) is 8.34. The molecule has 0 saturated carbocycles. The van der Waals surface area contributed by atoms with Crippen LogP contribution in [-0.2, 0) is 15.9 Å². The highest BCUT2D eigenvalue weighted by molar-refractivity contribution is 5.53. The van der Waals surface area contributed by atoms with Crippen molar-refractivity contribution in [3.05, 3.63) is 29.8 Å². The standard InChI is InChI=1S/C12H17NO2/c1-9(14-2)15-11-7-10-5-3-4-6-12(10)13-8-11/h3-6,9,11,13H,7-8H2,1-2H3/t9-,11+/m0/s1. The summed E-state index contributed by atoms with van der Waals surface area (Å²) in [5, 5.41) is 3.36. The smallest absolute Gasteiger partial charge is 0.154 e. The minimum Gasteiger partial charge on any atom is -0.382 e. The van der Waals surface area contributed by atoms with Crippen LogP contribution in [0.15, 0.2) is 24.3 Å². The van der Waals surface area contributed by atoms with Crippen LogP contribution in [0, 0.1) is 0 Å². The van der Waals surface area contributed by atoms with E-state index in [0.29, 0.717) is 0 Å². The molecule has 0 aliphatic carbocycles. The van der Waals surface area contributed by atoms with Crippen molar-refractivity contribution in [2.45, 2.75) is 25.7 Å². The Morgan fingerprint density at radius 2 is 2.20 bits per heavy atom. The van der Waals surface area contributed by atoms with E-state index in [1.54, 1.807) is 7.11 Å². The van der Waals surface area contributed by atoms with E-state index in [4.69, 9.17) is 9.47 Å². The van der Waals surface area contributed by atoms with E-state index in [2.05, 4.69) is 23.5 Å². The number of anilines is 1. The molecule has 1 aromatic rings. The van der Waals surface area contributed by atoms with Crippen molar-refractivity contribution in [3.63, 3.8) is 0 Å². The molecule has 1 aliphatic heterocycles. The van der Waals surface area contributed by atoms with Crippen LogP contribution in [0.5, 0.6) is 0 Å². The number of ether oxygens (including phenoxy) is 2. The van der Waals surface area contributed by atoms with E-state index in [1.165, 1.54) is 11.3 Å².